The van der Waals surface area contributed by atoms with Crippen molar-refractivity contribution in [2.75, 3.05) is 0 Å². The van der Waals surface area contributed by atoms with E-state index >= 15 is 0 Å². The van der Waals surface area contributed by atoms with Crippen molar-refractivity contribution >= 4 is 0 Å². The Balaban J connectivity index is 1.83. The summed E-state index contributed by atoms with van der Waals surface area (Å²) in [5.74, 6) is 1.86. The molecule has 0 fully saturated rings. The highest BCUT2D eigenvalue weighted by atomic mass is 15.1. The van der Waals surface area contributed by atoms with E-state index in [2.05, 4.69) is 103 Å². The summed E-state index contributed by atoms with van der Waals surface area (Å²) in [6, 6.07) is 22.5. The minimum absolute atomic E-state index is 0.0127. The van der Waals surface area contributed by atoms with Gasteiger partial charge in [-0.2, -0.15) is 0 Å². The monoisotopic (exact) mass is 515 g/mol. The predicted octanol–water partition coefficient (Wildman–Crippen LogP) is 10.1. The van der Waals surface area contributed by atoms with Gasteiger partial charge >= 0.3 is 0 Å². The van der Waals surface area contributed by atoms with Crippen LogP contribution in [0.4, 0.5) is 0 Å². The molecule has 1 aromatic heterocycles. The third kappa shape index (κ3) is 9.44. The Bertz CT molecular complexity index is 977. The molecule has 2 atom stereocenters. The van der Waals surface area contributed by atoms with Gasteiger partial charge in [-0.15, -0.1) is 0 Å². The van der Waals surface area contributed by atoms with Gasteiger partial charge < -0.3 is 0 Å². The van der Waals surface area contributed by atoms with E-state index in [-0.39, 0.29) is 5.41 Å². The van der Waals surface area contributed by atoms with Crippen LogP contribution in [0.25, 0.3) is 0 Å². The molecular formula is C36H55N2+. The van der Waals surface area contributed by atoms with Gasteiger partial charge in [-0.3, -0.25) is 0 Å². The van der Waals surface area contributed by atoms with E-state index in [1.807, 2.05) is 0 Å². The van der Waals surface area contributed by atoms with E-state index in [4.69, 9.17) is 0 Å². The van der Waals surface area contributed by atoms with Crippen LogP contribution in [0.2, 0.25) is 0 Å². The molecule has 1 N–H and O–H groups in total. The van der Waals surface area contributed by atoms with Crippen LogP contribution in [0.3, 0.4) is 0 Å². The van der Waals surface area contributed by atoms with Gasteiger partial charge in [0, 0.05) is 5.41 Å². The van der Waals surface area contributed by atoms with E-state index in [1.165, 1.54) is 107 Å². The number of nitrogens with zero attached hydrogens (tertiary/aromatic N) is 1. The summed E-state index contributed by atoms with van der Waals surface area (Å²) in [6.45, 7) is 8.25. The van der Waals surface area contributed by atoms with Crippen molar-refractivity contribution in [3.63, 3.8) is 0 Å². The molecule has 0 aliphatic carbocycles. The SMILES string of the molecule is CCCCCCCCC[n+]1cc[nH]c1C(CCCCCCCC)C(C)(Cc1ccccc1)c1ccccc1. The Hall–Kier alpha value is -2.35. The largest absolute Gasteiger partial charge is 0.258 e. The second kappa shape index (κ2) is 17.3. The number of hydrogen-bond donors (Lipinski definition) is 1. The Morgan fingerprint density at radius 1 is 0.684 bits per heavy atom. The second-order valence-electron chi connectivity index (χ2n) is 11.7. The normalized spacial score (nSPS) is 13.9. The van der Waals surface area contributed by atoms with Gasteiger partial charge in [-0.25, -0.2) is 9.55 Å². The van der Waals surface area contributed by atoms with Gasteiger partial charge in [0.1, 0.15) is 12.4 Å². The Kier molecular flexibility index (Phi) is 13.7. The van der Waals surface area contributed by atoms with E-state index in [0.717, 1.165) is 13.0 Å². The van der Waals surface area contributed by atoms with Gasteiger partial charge in [0.05, 0.1) is 12.5 Å². The number of aromatic nitrogens is 2. The molecule has 0 aliphatic heterocycles. The Morgan fingerprint density at radius 3 is 1.87 bits per heavy atom. The lowest BCUT2D eigenvalue weighted by molar-refractivity contribution is -0.705. The summed E-state index contributed by atoms with van der Waals surface area (Å²) in [7, 11) is 0. The summed E-state index contributed by atoms with van der Waals surface area (Å²) in [5, 5.41) is 0. The number of H-pyrrole nitrogens is 1. The summed E-state index contributed by atoms with van der Waals surface area (Å²) in [5.41, 5.74) is 2.90. The van der Waals surface area contributed by atoms with E-state index < -0.39 is 0 Å². The number of unbranched alkanes of at least 4 members (excludes halogenated alkanes) is 11. The maximum Gasteiger partial charge on any atom is 0.258 e. The van der Waals surface area contributed by atoms with Gasteiger partial charge in [0.2, 0.25) is 0 Å². The summed E-state index contributed by atoms with van der Waals surface area (Å²) in [4.78, 5) is 3.76. The minimum Gasteiger partial charge on any atom is -0.247 e. The topological polar surface area (TPSA) is 19.7 Å². The average Bonchev–Trinajstić information content (AvgIpc) is 3.41. The van der Waals surface area contributed by atoms with Crippen LogP contribution in [0.5, 0.6) is 0 Å². The number of hydrogen-bond acceptors (Lipinski definition) is 0. The van der Waals surface area contributed by atoms with Crippen molar-refractivity contribution in [3.05, 3.63) is 90.0 Å². The second-order valence-corrected chi connectivity index (χ2v) is 11.7. The molecule has 0 aliphatic rings. The summed E-state index contributed by atoms with van der Waals surface area (Å²) in [6.07, 6.45) is 24.3. The average molecular weight is 516 g/mol. The number of aromatic amines is 1. The first kappa shape index (κ1) is 30.2. The molecule has 2 heteroatoms. The molecule has 3 rings (SSSR count). The van der Waals surface area contributed by atoms with Crippen LogP contribution in [0.15, 0.2) is 73.1 Å². The highest BCUT2D eigenvalue weighted by Gasteiger charge is 2.41. The highest BCUT2D eigenvalue weighted by molar-refractivity contribution is 5.32. The maximum absolute atomic E-state index is 3.76. The zero-order valence-corrected chi connectivity index (χ0v) is 24.8. The van der Waals surface area contributed by atoms with Gasteiger partial charge in [-0.05, 0) is 36.8 Å². The molecular weight excluding hydrogens is 460 g/mol. The molecule has 2 nitrogen and oxygen atoms in total. The Labute approximate surface area is 234 Å². The standard InChI is InChI=1S/C36H54N2/c1-4-6-8-10-12-14-22-29-38-30-28-37-35(38)34(27-21-13-11-9-7-5-2)36(3,33-25-19-16-20-26-33)31-32-23-17-15-18-24-32/h15-20,23-26,28,30,34H,4-14,21-22,27,29,31H2,1-3H3/p+1. The van der Waals surface area contributed by atoms with Crippen LogP contribution in [0, 0.1) is 0 Å². The van der Waals surface area contributed by atoms with E-state index in [1.54, 1.807) is 0 Å². The van der Waals surface area contributed by atoms with E-state index in [0.29, 0.717) is 5.92 Å². The molecule has 2 unspecified atom stereocenters. The maximum atomic E-state index is 3.76. The molecule has 2 aromatic carbocycles. The minimum atomic E-state index is 0.0127. The number of aryl methyl sites for hydroxylation is 1. The lowest BCUT2D eigenvalue weighted by Crippen LogP contribution is -2.43. The molecule has 3 aromatic rings. The van der Waals surface area contributed by atoms with E-state index in [9.17, 15) is 0 Å². The van der Waals surface area contributed by atoms with Crippen molar-refractivity contribution < 1.29 is 4.57 Å². The smallest absolute Gasteiger partial charge is 0.247 e. The quantitative estimate of drug-likeness (QED) is 0.114. The number of rotatable bonds is 20. The predicted molar refractivity (Wildman–Crippen MR) is 164 cm³/mol. The lowest BCUT2D eigenvalue weighted by Gasteiger charge is -2.37. The van der Waals surface area contributed by atoms with Crippen LogP contribution in [-0.4, -0.2) is 4.98 Å². The molecule has 0 saturated carbocycles. The van der Waals surface area contributed by atoms with Crippen LogP contribution in [0.1, 0.15) is 134 Å². The molecule has 0 bridgehead atoms. The first-order valence-corrected chi connectivity index (χ1v) is 15.8. The molecule has 0 radical (unpaired) electrons. The molecule has 0 saturated heterocycles. The molecule has 1 heterocycles. The molecule has 0 amide bonds. The van der Waals surface area contributed by atoms with Gasteiger partial charge in [-0.1, -0.05) is 152 Å². The van der Waals surface area contributed by atoms with Crippen molar-refractivity contribution in [1.82, 2.24) is 4.98 Å². The van der Waals surface area contributed by atoms with Crippen LogP contribution < -0.4 is 4.57 Å². The first-order chi connectivity index (χ1) is 18.7. The fraction of sp³-hybridized carbons (Fsp3) is 0.583. The van der Waals surface area contributed by atoms with Crippen LogP contribution in [-0.2, 0) is 18.4 Å². The fourth-order valence-electron chi connectivity index (χ4n) is 6.26. The van der Waals surface area contributed by atoms with Crippen LogP contribution >= 0.6 is 0 Å². The van der Waals surface area contributed by atoms with Crippen molar-refractivity contribution in [3.8, 4) is 0 Å². The van der Waals surface area contributed by atoms with Gasteiger partial charge in [0.25, 0.3) is 5.82 Å². The highest BCUT2D eigenvalue weighted by Crippen LogP contribution is 2.43. The van der Waals surface area contributed by atoms with Gasteiger partial charge in [0.15, 0.2) is 0 Å². The molecule has 38 heavy (non-hydrogen) atoms. The zero-order valence-electron chi connectivity index (χ0n) is 24.8. The number of imidazole rings is 1. The lowest BCUT2D eigenvalue weighted by atomic mass is 9.66. The number of benzene rings is 2. The number of nitrogens with one attached hydrogen (secondary N) is 1. The molecule has 208 valence electrons. The zero-order chi connectivity index (χ0) is 26.9. The summed E-state index contributed by atoms with van der Waals surface area (Å²) < 4.78 is 2.56. The summed E-state index contributed by atoms with van der Waals surface area (Å²) >= 11 is 0. The third-order valence-corrected chi connectivity index (χ3v) is 8.59. The third-order valence-electron chi connectivity index (χ3n) is 8.59. The molecule has 0 spiro atoms. The van der Waals surface area contributed by atoms with Crippen molar-refractivity contribution in [1.29, 1.82) is 0 Å². The van der Waals surface area contributed by atoms with Crippen molar-refractivity contribution in [2.24, 2.45) is 0 Å². The van der Waals surface area contributed by atoms with Crippen molar-refractivity contribution in [2.45, 2.75) is 135 Å². The fourth-order valence-corrected chi connectivity index (χ4v) is 6.26. The Morgan fingerprint density at radius 2 is 1.24 bits per heavy atom. The first-order valence-electron chi connectivity index (χ1n) is 15.8.